The number of carbonyl (C=O) groups is 1. The number of pyridine rings is 1. The zero-order valence-electron chi connectivity index (χ0n) is 13.2. The quantitative estimate of drug-likeness (QED) is 0.722. The van der Waals surface area contributed by atoms with Gasteiger partial charge in [-0.2, -0.15) is 5.10 Å². The molecular formula is C17H17ClN4OS. The molecule has 7 heteroatoms. The van der Waals surface area contributed by atoms with Gasteiger partial charge in [-0.25, -0.2) is 0 Å². The fourth-order valence-corrected chi connectivity index (χ4v) is 3.32. The van der Waals surface area contributed by atoms with E-state index in [0.29, 0.717) is 23.1 Å². The second kappa shape index (κ2) is 7.59. The molecule has 0 fully saturated rings. The van der Waals surface area contributed by atoms with Crippen LogP contribution in [-0.2, 0) is 13.1 Å². The van der Waals surface area contributed by atoms with E-state index in [9.17, 15) is 4.79 Å². The van der Waals surface area contributed by atoms with Crippen LogP contribution in [0.5, 0.6) is 0 Å². The summed E-state index contributed by atoms with van der Waals surface area (Å²) in [6, 6.07) is 11.2. The molecular weight excluding hydrogens is 344 g/mol. The molecule has 0 aliphatic heterocycles. The molecule has 5 nitrogen and oxygen atoms in total. The van der Waals surface area contributed by atoms with Gasteiger partial charge in [0.2, 0.25) is 0 Å². The number of amides is 1. The molecule has 24 heavy (non-hydrogen) atoms. The van der Waals surface area contributed by atoms with Crippen LogP contribution in [0.15, 0.2) is 42.6 Å². The average Bonchev–Trinajstić information content (AvgIpc) is 3.20. The molecule has 3 rings (SSSR count). The molecule has 0 aliphatic rings. The van der Waals surface area contributed by atoms with E-state index in [2.05, 4.69) is 22.3 Å². The van der Waals surface area contributed by atoms with Crippen molar-refractivity contribution in [3.8, 4) is 10.6 Å². The zero-order chi connectivity index (χ0) is 16.9. The fraction of sp³-hybridized carbons (Fsp3) is 0.235. The van der Waals surface area contributed by atoms with Crippen molar-refractivity contribution in [1.29, 1.82) is 0 Å². The molecule has 0 saturated heterocycles. The number of nitrogens with zero attached hydrogens (tertiary/aromatic N) is 3. The lowest BCUT2D eigenvalue weighted by atomic mass is 10.3. The summed E-state index contributed by atoms with van der Waals surface area (Å²) >= 11 is 7.45. The number of rotatable bonds is 6. The fourth-order valence-electron chi connectivity index (χ4n) is 2.32. The van der Waals surface area contributed by atoms with Crippen molar-refractivity contribution in [3.05, 3.63) is 58.3 Å². The Morgan fingerprint density at radius 2 is 2.21 bits per heavy atom. The first kappa shape index (κ1) is 16.7. The van der Waals surface area contributed by atoms with Crippen molar-refractivity contribution in [3.63, 3.8) is 0 Å². The van der Waals surface area contributed by atoms with E-state index in [1.54, 1.807) is 10.9 Å². The molecule has 0 radical (unpaired) electrons. The Hall–Kier alpha value is -2.18. The third-order valence-electron chi connectivity index (χ3n) is 3.43. The lowest BCUT2D eigenvalue weighted by molar-refractivity contribution is 0.0939. The van der Waals surface area contributed by atoms with E-state index in [1.165, 1.54) is 11.3 Å². The summed E-state index contributed by atoms with van der Waals surface area (Å²) in [5.74, 6) is -0.157. The van der Waals surface area contributed by atoms with Crippen molar-refractivity contribution < 1.29 is 4.79 Å². The summed E-state index contributed by atoms with van der Waals surface area (Å²) in [4.78, 5) is 17.7. The number of hydrogen-bond acceptors (Lipinski definition) is 4. The van der Waals surface area contributed by atoms with E-state index < -0.39 is 0 Å². The van der Waals surface area contributed by atoms with Crippen LogP contribution >= 0.6 is 22.9 Å². The van der Waals surface area contributed by atoms with Crippen molar-refractivity contribution in [1.82, 2.24) is 20.1 Å². The maximum atomic E-state index is 12.5. The Balaban J connectivity index is 1.80. The van der Waals surface area contributed by atoms with Crippen LogP contribution in [0.1, 0.15) is 29.5 Å². The second-order valence-corrected chi connectivity index (χ2v) is 6.96. The van der Waals surface area contributed by atoms with Crippen molar-refractivity contribution in [2.75, 3.05) is 0 Å². The Bertz CT molecular complexity index is 828. The van der Waals surface area contributed by atoms with Crippen molar-refractivity contribution in [2.45, 2.75) is 26.4 Å². The molecule has 0 atom stereocenters. The van der Waals surface area contributed by atoms with Gasteiger partial charge in [0.25, 0.3) is 5.91 Å². The molecule has 3 heterocycles. The molecule has 1 amide bonds. The van der Waals surface area contributed by atoms with Crippen LogP contribution in [0.25, 0.3) is 10.6 Å². The highest BCUT2D eigenvalue weighted by atomic mass is 35.5. The monoisotopic (exact) mass is 360 g/mol. The highest BCUT2D eigenvalue weighted by molar-refractivity contribution is 7.19. The number of carbonyl (C=O) groups excluding carboxylic acids is 1. The molecule has 0 saturated carbocycles. The van der Waals surface area contributed by atoms with Crippen molar-refractivity contribution in [2.24, 2.45) is 0 Å². The van der Waals surface area contributed by atoms with E-state index in [-0.39, 0.29) is 5.91 Å². The summed E-state index contributed by atoms with van der Waals surface area (Å²) in [5, 5.41) is 7.45. The summed E-state index contributed by atoms with van der Waals surface area (Å²) in [6.45, 7) is 3.13. The number of aryl methyl sites for hydroxylation is 1. The highest BCUT2D eigenvalue weighted by Crippen LogP contribution is 2.30. The first-order valence-electron chi connectivity index (χ1n) is 7.69. The first-order valence-corrected chi connectivity index (χ1v) is 8.88. The topological polar surface area (TPSA) is 59.8 Å². The smallest absolute Gasteiger partial charge is 0.269 e. The summed E-state index contributed by atoms with van der Waals surface area (Å²) < 4.78 is 2.45. The Morgan fingerprint density at radius 1 is 1.33 bits per heavy atom. The SMILES string of the molecule is CCCn1nc(-c2ccc(Cl)s2)cc1C(=O)NCc1ccccn1. The molecule has 3 aromatic heterocycles. The minimum atomic E-state index is -0.157. The standard InChI is InChI=1S/C17H17ClN4OS/c1-2-9-22-14(10-13(21-22)15-6-7-16(18)24-15)17(23)20-11-12-5-3-4-8-19-12/h3-8,10H,2,9,11H2,1H3,(H,20,23). The molecule has 1 N–H and O–H groups in total. The average molecular weight is 361 g/mol. The summed E-state index contributed by atoms with van der Waals surface area (Å²) in [5.41, 5.74) is 2.13. The number of hydrogen-bond donors (Lipinski definition) is 1. The van der Waals surface area contributed by atoms with Crippen molar-refractivity contribution >= 4 is 28.8 Å². The third kappa shape index (κ3) is 3.83. The number of thiophene rings is 1. The van der Waals surface area contributed by atoms with Gasteiger partial charge in [0.1, 0.15) is 11.4 Å². The Morgan fingerprint density at radius 3 is 2.88 bits per heavy atom. The van der Waals surface area contributed by atoms with E-state index in [1.807, 2.05) is 36.4 Å². The predicted molar refractivity (Wildman–Crippen MR) is 96.2 cm³/mol. The number of nitrogens with one attached hydrogen (secondary N) is 1. The molecule has 124 valence electrons. The van der Waals surface area contributed by atoms with Gasteiger partial charge in [-0.3, -0.25) is 14.5 Å². The van der Waals surface area contributed by atoms with Gasteiger partial charge < -0.3 is 5.32 Å². The highest BCUT2D eigenvalue weighted by Gasteiger charge is 2.17. The lowest BCUT2D eigenvalue weighted by Crippen LogP contribution is -2.26. The van der Waals surface area contributed by atoms with Crippen LogP contribution < -0.4 is 5.32 Å². The molecule has 0 spiro atoms. The Labute approximate surface area is 149 Å². The molecule has 3 aromatic rings. The van der Waals surface area contributed by atoms with Gasteiger partial charge in [-0.1, -0.05) is 24.6 Å². The third-order valence-corrected chi connectivity index (χ3v) is 4.68. The normalized spacial score (nSPS) is 10.8. The number of aromatic nitrogens is 3. The van der Waals surface area contributed by atoms with Crippen LogP contribution in [0.4, 0.5) is 0 Å². The maximum absolute atomic E-state index is 12.5. The van der Waals surface area contributed by atoms with Crippen LogP contribution in [0.3, 0.4) is 0 Å². The van der Waals surface area contributed by atoms with Gasteiger partial charge in [-0.15, -0.1) is 11.3 Å². The molecule has 0 aliphatic carbocycles. The van der Waals surface area contributed by atoms with E-state index >= 15 is 0 Å². The van der Waals surface area contributed by atoms with Crippen LogP contribution in [0.2, 0.25) is 4.34 Å². The summed E-state index contributed by atoms with van der Waals surface area (Å²) in [7, 11) is 0. The maximum Gasteiger partial charge on any atom is 0.269 e. The molecule has 0 unspecified atom stereocenters. The minimum Gasteiger partial charge on any atom is -0.345 e. The number of halogens is 1. The second-order valence-electron chi connectivity index (χ2n) is 5.25. The van der Waals surface area contributed by atoms with Crippen LogP contribution in [-0.4, -0.2) is 20.7 Å². The van der Waals surface area contributed by atoms with Gasteiger partial charge >= 0.3 is 0 Å². The molecule has 0 aromatic carbocycles. The summed E-state index contributed by atoms with van der Waals surface area (Å²) in [6.07, 6.45) is 2.61. The largest absolute Gasteiger partial charge is 0.345 e. The Kier molecular flexibility index (Phi) is 5.27. The van der Waals surface area contributed by atoms with Gasteiger partial charge in [0, 0.05) is 12.7 Å². The lowest BCUT2D eigenvalue weighted by Gasteiger charge is -2.07. The van der Waals surface area contributed by atoms with E-state index in [4.69, 9.17) is 11.6 Å². The van der Waals surface area contributed by atoms with Gasteiger partial charge in [0.05, 0.1) is 21.5 Å². The van der Waals surface area contributed by atoms with E-state index in [0.717, 1.165) is 22.7 Å². The zero-order valence-corrected chi connectivity index (χ0v) is 14.8. The predicted octanol–water partition coefficient (Wildman–Crippen LogP) is 4.00. The van der Waals surface area contributed by atoms with Gasteiger partial charge in [-0.05, 0) is 36.8 Å². The van der Waals surface area contributed by atoms with Gasteiger partial charge in [0.15, 0.2) is 0 Å². The minimum absolute atomic E-state index is 0.157. The molecule has 0 bridgehead atoms. The van der Waals surface area contributed by atoms with Crippen LogP contribution in [0, 0.1) is 0 Å². The first-order chi connectivity index (χ1) is 11.7.